The lowest BCUT2D eigenvalue weighted by Crippen LogP contribution is -2.39. The van der Waals surface area contributed by atoms with Gasteiger partial charge in [-0.3, -0.25) is 4.79 Å². The van der Waals surface area contributed by atoms with Crippen LogP contribution in [0.2, 0.25) is 0 Å². The predicted octanol–water partition coefficient (Wildman–Crippen LogP) is 2.50. The Morgan fingerprint density at radius 1 is 1.09 bits per heavy atom. The quantitative estimate of drug-likeness (QED) is 0.699. The number of aliphatic hydroxyl groups excluding tert-OH is 1. The first-order chi connectivity index (χ1) is 11.3. The van der Waals surface area contributed by atoms with Crippen LogP contribution in [0, 0.1) is 0 Å². The van der Waals surface area contributed by atoms with Crippen LogP contribution >= 0.6 is 0 Å². The summed E-state index contributed by atoms with van der Waals surface area (Å²) in [5, 5.41) is 12.2. The molecular formula is C19H23NO3. The molecule has 122 valence electrons. The van der Waals surface area contributed by atoms with Gasteiger partial charge in [-0.05, 0) is 36.1 Å². The second-order valence-electron chi connectivity index (χ2n) is 5.50. The summed E-state index contributed by atoms with van der Waals surface area (Å²) >= 11 is 0. The normalized spacial score (nSPS) is 13.1. The second kappa shape index (κ2) is 8.34. The number of carbonyl (C=O) groups excluding carboxylic acids is 1. The van der Waals surface area contributed by atoms with Crippen molar-refractivity contribution in [3.05, 3.63) is 65.7 Å². The van der Waals surface area contributed by atoms with E-state index in [2.05, 4.69) is 17.4 Å². The van der Waals surface area contributed by atoms with E-state index in [1.165, 1.54) is 0 Å². The SMILES string of the molecule is COc1ccc(C(CCCO)(CNC=O)c2ccccc2)cc1. The molecule has 4 heteroatoms. The van der Waals surface area contributed by atoms with Crippen molar-refractivity contribution in [3.63, 3.8) is 0 Å². The van der Waals surface area contributed by atoms with Crippen LogP contribution < -0.4 is 10.1 Å². The van der Waals surface area contributed by atoms with E-state index in [0.717, 1.165) is 29.7 Å². The van der Waals surface area contributed by atoms with Crippen LogP contribution in [0.15, 0.2) is 54.6 Å². The summed E-state index contributed by atoms with van der Waals surface area (Å²) in [5.74, 6) is 0.793. The Morgan fingerprint density at radius 3 is 2.30 bits per heavy atom. The molecule has 23 heavy (non-hydrogen) atoms. The van der Waals surface area contributed by atoms with Gasteiger partial charge in [0.1, 0.15) is 5.75 Å². The Kier molecular flexibility index (Phi) is 6.18. The molecular weight excluding hydrogens is 290 g/mol. The molecule has 0 saturated heterocycles. The molecule has 0 aliphatic carbocycles. The molecule has 4 nitrogen and oxygen atoms in total. The van der Waals surface area contributed by atoms with E-state index >= 15 is 0 Å². The van der Waals surface area contributed by atoms with E-state index in [1.54, 1.807) is 7.11 Å². The van der Waals surface area contributed by atoms with Crippen LogP contribution in [0.1, 0.15) is 24.0 Å². The number of amides is 1. The third-order valence-electron chi connectivity index (χ3n) is 4.22. The van der Waals surface area contributed by atoms with Gasteiger partial charge in [0.25, 0.3) is 0 Å². The first kappa shape index (κ1) is 17.0. The summed E-state index contributed by atoms with van der Waals surface area (Å²) in [6.07, 6.45) is 2.11. The predicted molar refractivity (Wildman–Crippen MR) is 90.6 cm³/mol. The van der Waals surface area contributed by atoms with Crippen molar-refractivity contribution in [1.82, 2.24) is 5.32 Å². The van der Waals surface area contributed by atoms with Crippen LogP contribution in [-0.4, -0.2) is 31.8 Å². The Hall–Kier alpha value is -2.33. The Balaban J connectivity index is 2.51. The molecule has 1 amide bonds. The Bertz CT molecular complexity index is 598. The molecule has 0 aromatic heterocycles. The van der Waals surface area contributed by atoms with Gasteiger partial charge >= 0.3 is 0 Å². The number of hydrogen-bond acceptors (Lipinski definition) is 3. The molecule has 0 spiro atoms. The Labute approximate surface area is 137 Å². The highest BCUT2D eigenvalue weighted by Crippen LogP contribution is 2.37. The highest BCUT2D eigenvalue weighted by atomic mass is 16.5. The summed E-state index contributed by atoms with van der Waals surface area (Å²) in [6.45, 7) is 0.596. The average molecular weight is 313 g/mol. The van der Waals surface area contributed by atoms with Crippen LogP contribution in [0.5, 0.6) is 5.75 Å². The van der Waals surface area contributed by atoms with Gasteiger partial charge in [-0.1, -0.05) is 42.5 Å². The number of nitrogens with one attached hydrogen (secondary N) is 1. The van der Waals surface area contributed by atoms with Crippen molar-refractivity contribution >= 4 is 6.41 Å². The molecule has 0 radical (unpaired) electrons. The fraction of sp³-hybridized carbons (Fsp3) is 0.316. The molecule has 2 aromatic carbocycles. The molecule has 0 fully saturated rings. The number of benzene rings is 2. The topological polar surface area (TPSA) is 58.6 Å². The second-order valence-corrected chi connectivity index (χ2v) is 5.50. The van der Waals surface area contributed by atoms with Gasteiger partial charge in [0.2, 0.25) is 6.41 Å². The lowest BCUT2D eigenvalue weighted by atomic mass is 9.71. The number of methoxy groups -OCH3 is 1. The summed E-state index contributed by atoms with van der Waals surface area (Å²) in [4.78, 5) is 10.9. The first-order valence-electron chi connectivity index (χ1n) is 7.75. The largest absolute Gasteiger partial charge is 0.497 e. The average Bonchev–Trinajstić information content (AvgIpc) is 2.63. The molecule has 0 bridgehead atoms. The highest BCUT2D eigenvalue weighted by Gasteiger charge is 2.33. The molecule has 2 aromatic rings. The van der Waals surface area contributed by atoms with E-state index in [-0.39, 0.29) is 12.0 Å². The third kappa shape index (κ3) is 3.90. The highest BCUT2D eigenvalue weighted by molar-refractivity contribution is 5.49. The molecule has 0 saturated carbocycles. The smallest absolute Gasteiger partial charge is 0.207 e. The number of aliphatic hydroxyl groups is 1. The van der Waals surface area contributed by atoms with Gasteiger partial charge in [0.05, 0.1) is 7.11 Å². The summed E-state index contributed by atoms with van der Waals surface area (Å²) < 4.78 is 5.24. The lowest BCUT2D eigenvalue weighted by molar-refractivity contribution is -0.109. The minimum absolute atomic E-state index is 0.117. The van der Waals surface area contributed by atoms with Gasteiger partial charge in [-0.15, -0.1) is 0 Å². The zero-order valence-electron chi connectivity index (χ0n) is 13.4. The molecule has 0 aliphatic rings. The van der Waals surface area contributed by atoms with E-state index in [0.29, 0.717) is 13.0 Å². The van der Waals surface area contributed by atoms with Crippen LogP contribution in [0.4, 0.5) is 0 Å². The molecule has 2 N–H and O–H groups in total. The number of rotatable bonds is 9. The fourth-order valence-corrected chi connectivity index (χ4v) is 3.01. The lowest BCUT2D eigenvalue weighted by Gasteiger charge is -2.35. The van der Waals surface area contributed by atoms with Gasteiger partial charge in [-0.25, -0.2) is 0 Å². The first-order valence-corrected chi connectivity index (χ1v) is 7.75. The fourth-order valence-electron chi connectivity index (χ4n) is 3.01. The van der Waals surface area contributed by atoms with E-state index in [9.17, 15) is 9.90 Å². The molecule has 1 atom stereocenters. The van der Waals surface area contributed by atoms with Crippen molar-refractivity contribution in [2.75, 3.05) is 20.3 Å². The van der Waals surface area contributed by atoms with E-state index < -0.39 is 0 Å². The maximum absolute atomic E-state index is 10.9. The van der Waals surface area contributed by atoms with Gasteiger partial charge < -0.3 is 15.2 Å². The molecule has 0 aliphatic heterocycles. The maximum Gasteiger partial charge on any atom is 0.207 e. The van der Waals surface area contributed by atoms with Crippen LogP contribution in [0.3, 0.4) is 0 Å². The number of carbonyl (C=O) groups is 1. The summed E-state index contributed by atoms with van der Waals surface area (Å²) in [5.41, 5.74) is 1.83. The molecule has 1 unspecified atom stereocenters. The maximum atomic E-state index is 10.9. The number of ether oxygens (including phenoxy) is 1. The van der Waals surface area contributed by atoms with Crippen molar-refractivity contribution in [1.29, 1.82) is 0 Å². The third-order valence-corrected chi connectivity index (χ3v) is 4.22. The standard InChI is InChI=1S/C19H23NO3/c1-23-18-10-8-17(9-11-18)19(12-5-13-21,14-20-15-22)16-6-3-2-4-7-16/h2-4,6-11,15,21H,5,12-14H2,1H3,(H,20,22). The molecule has 0 heterocycles. The van der Waals surface area contributed by atoms with Crippen molar-refractivity contribution in [2.45, 2.75) is 18.3 Å². The van der Waals surface area contributed by atoms with Gasteiger partial charge in [0, 0.05) is 18.6 Å². The monoisotopic (exact) mass is 313 g/mol. The van der Waals surface area contributed by atoms with Crippen LogP contribution in [0.25, 0.3) is 0 Å². The van der Waals surface area contributed by atoms with Gasteiger partial charge in [0.15, 0.2) is 0 Å². The molecule has 2 rings (SSSR count). The van der Waals surface area contributed by atoms with Crippen molar-refractivity contribution < 1.29 is 14.6 Å². The minimum atomic E-state index is -0.378. The zero-order chi connectivity index (χ0) is 16.5. The summed E-state index contributed by atoms with van der Waals surface area (Å²) in [6, 6.07) is 18.0. The Morgan fingerprint density at radius 2 is 1.74 bits per heavy atom. The van der Waals surface area contributed by atoms with E-state index in [1.807, 2.05) is 42.5 Å². The minimum Gasteiger partial charge on any atom is -0.497 e. The number of hydrogen-bond donors (Lipinski definition) is 2. The van der Waals surface area contributed by atoms with E-state index in [4.69, 9.17) is 4.74 Å². The van der Waals surface area contributed by atoms with Crippen molar-refractivity contribution in [2.24, 2.45) is 0 Å². The zero-order valence-corrected chi connectivity index (χ0v) is 13.4. The van der Waals surface area contributed by atoms with Crippen molar-refractivity contribution in [3.8, 4) is 5.75 Å². The van der Waals surface area contributed by atoms with Crippen LogP contribution in [-0.2, 0) is 10.2 Å². The summed E-state index contributed by atoms with van der Waals surface area (Å²) in [7, 11) is 1.64. The van der Waals surface area contributed by atoms with Gasteiger partial charge in [-0.2, -0.15) is 0 Å².